The molecule has 10 heteroatoms. The number of halogens is 1. The number of likely N-dealkylation sites (N-methyl/N-ethyl adjacent to an activating group) is 1. The fourth-order valence-corrected chi connectivity index (χ4v) is 4.91. The number of aromatic nitrogens is 2. The van der Waals surface area contributed by atoms with Crippen molar-refractivity contribution < 1.29 is 17.5 Å². The molecule has 0 spiro atoms. The van der Waals surface area contributed by atoms with Crippen LogP contribution in [0.15, 0.2) is 48.7 Å². The van der Waals surface area contributed by atoms with Crippen LogP contribution in [0.3, 0.4) is 0 Å². The molecule has 1 saturated heterocycles. The molecule has 0 aliphatic carbocycles. The van der Waals surface area contributed by atoms with Crippen LogP contribution in [-0.4, -0.2) is 61.3 Å². The van der Waals surface area contributed by atoms with Gasteiger partial charge in [0, 0.05) is 43.6 Å². The van der Waals surface area contributed by atoms with Crippen LogP contribution in [0.2, 0.25) is 0 Å². The largest absolute Gasteiger partial charge is 0.439 e. The molecular formula is C27H34FN5O3S. The van der Waals surface area contributed by atoms with Gasteiger partial charge in [-0.2, -0.15) is 4.98 Å². The maximum absolute atomic E-state index is 14.9. The number of ether oxygens (including phenoxy) is 1. The molecule has 0 bridgehead atoms. The van der Waals surface area contributed by atoms with Gasteiger partial charge in [-0.05, 0) is 70.6 Å². The van der Waals surface area contributed by atoms with E-state index in [0.717, 1.165) is 26.2 Å². The van der Waals surface area contributed by atoms with E-state index in [1.807, 2.05) is 11.8 Å². The minimum Gasteiger partial charge on any atom is -0.439 e. The number of sulfone groups is 1. The zero-order valence-electron chi connectivity index (χ0n) is 22.0. The average molecular weight is 528 g/mol. The fraction of sp³-hybridized carbons (Fsp3) is 0.407. The lowest BCUT2D eigenvalue weighted by Crippen LogP contribution is -2.44. The van der Waals surface area contributed by atoms with Gasteiger partial charge in [0.2, 0.25) is 11.8 Å². The fourth-order valence-electron chi connectivity index (χ4n) is 3.85. The standard InChI is InChI=1S/C27H34FN5O3S/c1-19-17-29-26(30-21-9-10-24(23(28)16-21)33-13-11-32(5)12-14-33)31-25(19)36-22-8-6-7-20(15-22)18-37(34,35)27(2,3)4/h6-10,15-17H,11-14,18H2,1-5H3,(H,29,30,31). The van der Waals surface area contributed by atoms with Gasteiger partial charge in [-0.15, -0.1) is 0 Å². The van der Waals surface area contributed by atoms with E-state index in [9.17, 15) is 12.8 Å². The van der Waals surface area contributed by atoms with Crippen molar-refractivity contribution in [3.8, 4) is 11.6 Å². The van der Waals surface area contributed by atoms with Crippen LogP contribution in [0.5, 0.6) is 11.6 Å². The number of aryl methyl sites for hydroxylation is 1. The molecule has 0 amide bonds. The van der Waals surface area contributed by atoms with Crippen LogP contribution in [-0.2, 0) is 15.6 Å². The lowest BCUT2D eigenvalue weighted by molar-refractivity contribution is 0.311. The summed E-state index contributed by atoms with van der Waals surface area (Å²) in [5, 5.41) is 3.05. The van der Waals surface area contributed by atoms with Gasteiger partial charge in [0.25, 0.3) is 0 Å². The Kier molecular flexibility index (Phi) is 7.70. The van der Waals surface area contributed by atoms with E-state index in [-0.39, 0.29) is 17.5 Å². The molecule has 1 N–H and O–H groups in total. The Morgan fingerprint density at radius 1 is 1.08 bits per heavy atom. The summed E-state index contributed by atoms with van der Waals surface area (Å²) in [7, 11) is -1.27. The lowest BCUT2D eigenvalue weighted by atomic mass is 10.2. The average Bonchev–Trinajstić information content (AvgIpc) is 2.81. The predicted octanol–water partition coefficient (Wildman–Crippen LogP) is 4.93. The van der Waals surface area contributed by atoms with Crippen molar-refractivity contribution in [1.82, 2.24) is 14.9 Å². The van der Waals surface area contributed by atoms with Crippen LogP contribution in [0, 0.1) is 12.7 Å². The topological polar surface area (TPSA) is 87.7 Å². The Hall–Kier alpha value is -3.24. The van der Waals surface area contributed by atoms with E-state index in [1.54, 1.807) is 63.4 Å². The first-order chi connectivity index (χ1) is 17.4. The summed E-state index contributed by atoms with van der Waals surface area (Å²) in [6.07, 6.45) is 1.62. The molecule has 1 aliphatic heterocycles. The molecule has 4 rings (SSSR count). The number of nitrogens with zero attached hydrogens (tertiary/aromatic N) is 4. The monoisotopic (exact) mass is 527 g/mol. The highest BCUT2D eigenvalue weighted by atomic mass is 32.2. The summed E-state index contributed by atoms with van der Waals surface area (Å²) in [6, 6.07) is 12.0. The van der Waals surface area contributed by atoms with Gasteiger partial charge in [-0.3, -0.25) is 0 Å². The summed E-state index contributed by atoms with van der Waals surface area (Å²) in [6.45, 7) is 10.2. The summed E-state index contributed by atoms with van der Waals surface area (Å²) >= 11 is 0. The second-order valence-corrected chi connectivity index (χ2v) is 13.1. The Morgan fingerprint density at radius 3 is 2.49 bits per heavy atom. The summed E-state index contributed by atoms with van der Waals surface area (Å²) in [4.78, 5) is 13.0. The first-order valence-corrected chi connectivity index (χ1v) is 13.9. The number of hydrogen-bond donors (Lipinski definition) is 1. The normalized spacial score (nSPS) is 15.0. The van der Waals surface area contributed by atoms with E-state index in [0.29, 0.717) is 34.1 Å². The van der Waals surface area contributed by atoms with Gasteiger partial charge in [-0.25, -0.2) is 17.8 Å². The summed E-state index contributed by atoms with van der Waals surface area (Å²) in [5.41, 5.74) is 2.45. The first-order valence-electron chi connectivity index (χ1n) is 12.2. The Labute approximate surface area is 218 Å². The van der Waals surface area contributed by atoms with Gasteiger partial charge in [-0.1, -0.05) is 12.1 Å². The lowest BCUT2D eigenvalue weighted by Gasteiger charge is -2.34. The molecule has 0 unspecified atom stereocenters. The van der Waals surface area contributed by atoms with Gasteiger partial charge in [0.05, 0.1) is 16.2 Å². The van der Waals surface area contributed by atoms with Crippen molar-refractivity contribution in [1.29, 1.82) is 0 Å². The molecule has 3 aromatic rings. The number of nitrogens with one attached hydrogen (secondary N) is 1. The number of rotatable bonds is 7. The second kappa shape index (κ2) is 10.6. The highest BCUT2D eigenvalue weighted by molar-refractivity contribution is 7.91. The molecule has 0 atom stereocenters. The second-order valence-electron chi connectivity index (χ2n) is 10.4. The van der Waals surface area contributed by atoms with E-state index in [2.05, 4.69) is 27.2 Å². The van der Waals surface area contributed by atoms with Crippen molar-refractivity contribution in [2.24, 2.45) is 0 Å². The van der Waals surface area contributed by atoms with E-state index in [1.165, 1.54) is 6.07 Å². The minimum atomic E-state index is -3.33. The maximum atomic E-state index is 14.9. The molecule has 37 heavy (non-hydrogen) atoms. The highest BCUT2D eigenvalue weighted by Crippen LogP contribution is 2.29. The highest BCUT2D eigenvalue weighted by Gasteiger charge is 2.29. The molecule has 1 aromatic heterocycles. The summed E-state index contributed by atoms with van der Waals surface area (Å²) < 4.78 is 45.2. The zero-order chi connectivity index (χ0) is 26.8. The van der Waals surface area contributed by atoms with E-state index >= 15 is 0 Å². The Balaban J connectivity index is 1.48. The molecule has 2 heterocycles. The molecule has 1 aliphatic rings. The van der Waals surface area contributed by atoms with Crippen molar-refractivity contribution in [3.05, 3.63) is 65.6 Å². The van der Waals surface area contributed by atoms with Crippen LogP contribution in [0.1, 0.15) is 31.9 Å². The van der Waals surface area contributed by atoms with Gasteiger partial charge < -0.3 is 19.9 Å². The Morgan fingerprint density at radius 2 is 1.81 bits per heavy atom. The molecule has 8 nitrogen and oxygen atoms in total. The molecule has 1 fully saturated rings. The third-order valence-corrected chi connectivity index (χ3v) is 8.96. The van der Waals surface area contributed by atoms with Crippen LogP contribution >= 0.6 is 0 Å². The van der Waals surface area contributed by atoms with Crippen LogP contribution < -0.4 is 15.0 Å². The maximum Gasteiger partial charge on any atom is 0.230 e. The van der Waals surface area contributed by atoms with Crippen molar-refractivity contribution >= 4 is 27.2 Å². The van der Waals surface area contributed by atoms with E-state index in [4.69, 9.17) is 4.74 Å². The number of piperazine rings is 1. The van der Waals surface area contributed by atoms with Gasteiger partial charge >= 0.3 is 0 Å². The van der Waals surface area contributed by atoms with E-state index < -0.39 is 14.6 Å². The summed E-state index contributed by atoms with van der Waals surface area (Å²) in [5.74, 6) is 0.664. The van der Waals surface area contributed by atoms with Gasteiger partial charge in [0.15, 0.2) is 9.84 Å². The number of hydrogen-bond acceptors (Lipinski definition) is 8. The van der Waals surface area contributed by atoms with Crippen molar-refractivity contribution in [2.45, 2.75) is 38.2 Å². The predicted molar refractivity (Wildman–Crippen MR) is 145 cm³/mol. The van der Waals surface area contributed by atoms with Gasteiger partial charge in [0.1, 0.15) is 11.6 Å². The first kappa shape index (κ1) is 26.8. The molecule has 0 saturated carbocycles. The van der Waals surface area contributed by atoms with Crippen LogP contribution in [0.25, 0.3) is 0 Å². The van der Waals surface area contributed by atoms with Crippen molar-refractivity contribution in [2.75, 3.05) is 43.4 Å². The molecule has 2 aromatic carbocycles. The van der Waals surface area contributed by atoms with Crippen molar-refractivity contribution in [3.63, 3.8) is 0 Å². The smallest absolute Gasteiger partial charge is 0.230 e. The van der Waals surface area contributed by atoms with Crippen LogP contribution in [0.4, 0.5) is 21.7 Å². The third kappa shape index (κ3) is 6.56. The number of benzene rings is 2. The minimum absolute atomic E-state index is 0.0844. The zero-order valence-corrected chi connectivity index (χ0v) is 22.8. The quantitative estimate of drug-likeness (QED) is 0.463. The number of anilines is 3. The molecule has 0 radical (unpaired) electrons. The molecular weight excluding hydrogens is 493 g/mol. The SMILES string of the molecule is Cc1cnc(Nc2ccc(N3CCN(C)CC3)c(F)c2)nc1Oc1cccc(CS(=O)(=O)C(C)(C)C)c1. The third-order valence-electron chi connectivity index (χ3n) is 6.38. The molecule has 198 valence electrons. The Bertz CT molecular complexity index is 1370.